The lowest BCUT2D eigenvalue weighted by Crippen LogP contribution is -2.35. The molecule has 8 heteroatoms. The van der Waals surface area contributed by atoms with Crippen LogP contribution in [0.2, 0.25) is 0 Å². The van der Waals surface area contributed by atoms with E-state index >= 15 is 0 Å². The van der Waals surface area contributed by atoms with Gasteiger partial charge in [0, 0.05) is 42.0 Å². The first-order valence-corrected chi connectivity index (χ1v) is 8.93. The Kier molecular flexibility index (Phi) is 5.58. The Labute approximate surface area is 162 Å². The fourth-order valence-electron chi connectivity index (χ4n) is 2.99. The van der Waals surface area contributed by atoms with Crippen molar-refractivity contribution in [3.63, 3.8) is 0 Å². The van der Waals surface area contributed by atoms with Crippen molar-refractivity contribution in [2.24, 2.45) is 5.92 Å². The van der Waals surface area contributed by atoms with Gasteiger partial charge >= 0.3 is 0 Å². The lowest BCUT2D eigenvalue weighted by molar-refractivity contribution is -0.384. The molecule has 2 amide bonds. The second-order valence-corrected chi connectivity index (χ2v) is 7.04. The minimum absolute atomic E-state index is 0.00573. The van der Waals surface area contributed by atoms with Crippen LogP contribution in [0.3, 0.4) is 0 Å². The van der Waals surface area contributed by atoms with Gasteiger partial charge in [-0.1, -0.05) is 13.8 Å². The van der Waals surface area contributed by atoms with Crippen molar-refractivity contribution >= 4 is 23.2 Å². The quantitative estimate of drug-likeness (QED) is 0.631. The predicted octanol–water partition coefficient (Wildman–Crippen LogP) is 3.22. The number of fused-ring (bicyclic) bond motifs is 1. The molecule has 146 valence electrons. The monoisotopic (exact) mass is 383 g/mol. The highest BCUT2D eigenvalue weighted by atomic mass is 16.6. The molecule has 1 N–H and O–H groups in total. The van der Waals surface area contributed by atoms with Crippen molar-refractivity contribution in [1.29, 1.82) is 0 Å². The van der Waals surface area contributed by atoms with Crippen LogP contribution < -0.4 is 10.1 Å². The zero-order chi connectivity index (χ0) is 20.3. The third-order valence-corrected chi connectivity index (χ3v) is 4.31. The number of nitro groups is 1. The number of nitro benzene ring substituents is 1. The van der Waals surface area contributed by atoms with E-state index in [9.17, 15) is 19.7 Å². The summed E-state index contributed by atoms with van der Waals surface area (Å²) in [5.74, 6) is 0.504. The summed E-state index contributed by atoms with van der Waals surface area (Å²) in [7, 11) is 0. The molecule has 0 radical (unpaired) electrons. The van der Waals surface area contributed by atoms with E-state index in [0.717, 1.165) is 5.56 Å². The summed E-state index contributed by atoms with van der Waals surface area (Å²) in [4.78, 5) is 36.6. The fraction of sp³-hybridized carbons (Fsp3) is 0.300. The highest BCUT2D eigenvalue weighted by Crippen LogP contribution is 2.27. The van der Waals surface area contributed by atoms with Crippen LogP contribution in [0.1, 0.15) is 29.8 Å². The maximum absolute atomic E-state index is 12.4. The van der Waals surface area contributed by atoms with Gasteiger partial charge in [0.1, 0.15) is 5.75 Å². The molecule has 0 spiro atoms. The molecule has 0 unspecified atom stereocenters. The lowest BCUT2D eigenvalue weighted by atomic mass is 10.1. The van der Waals surface area contributed by atoms with E-state index in [0.29, 0.717) is 36.0 Å². The number of hydrogen-bond donors (Lipinski definition) is 1. The van der Waals surface area contributed by atoms with Crippen LogP contribution in [0, 0.1) is 16.0 Å². The topological polar surface area (TPSA) is 102 Å². The van der Waals surface area contributed by atoms with Crippen molar-refractivity contribution in [1.82, 2.24) is 4.90 Å². The number of ether oxygens (including phenoxy) is 1. The van der Waals surface area contributed by atoms with Gasteiger partial charge in [-0.05, 0) is 36.2 Å². The van der Waals surface area contributed by atoms with Gasteiger partial charge in [0.2, 0.25) is 0 Å². The molecule has 8 nitrogen and oxygen atoms in total. The van der Waals surface area contributed by atoms with E-state index < -0.39 is 4.92 Å². The number of nitrogens with one attached hydrogen (secondary N) is 1. The van der Waals surface area contributed by atoms with Gasteiger partial charge in [-0.2, -0.15) is 0 Å². The van der Waals surface area contributed by atoms with E-state index in [2.05, 4.69) is 5.32 Å². The van der Waals surface area contributed by atoms with E-state index in [4.69, 9.17) is 4.74 Å². The third kappa shape index (κ3) is 4.46. The molecule has 0 bridgehead atoms. The minimum atomic E-state index is -0.516. The molecule has 1 aliphatic rings. The van der Waals surface area contributed by atoms with E-state index in [1.165, 1.54) is 24.3 Å². The molecular weight excluding hydrogens is 362 g/mol. The Bertz CT molecular complexity index is 909. The summed E-state index contributed by atoms with van der Waals surface area (Å²) >= 11 is 0. The van der Waals surface area contributed by atoms with Crippen molar-refractivity contribution in [3.05, 3.63) is 63.7 Å². The highest BCUT2D eigenvalue weighted by molar-refractivity contribution is 6.04. The molecule has 1 aliphatic heterocycles. The van der Waals surface area contributed by atoms with Gasteiger partial charge in [0.15, 0.2) is 6.61 Å². The van der Waals surface area contributed by atoms with Crippen LogP contribution >= 0.6 is 0 Å². The SMILES string of the molecule is CC(C)CN1Cc2cc(NC(=O)c3ccc([N+](=O)[O-])cc3)ccc2OCC1=O. The van der Waals surface area contributed by atoms with Crippen LogP contribution in [-0.4, -0.2) is 34.8 Å². The van der Waals surface area contributed by atoms with Gasteiger partial charge in [-0.3, -0.25) is 19.7 Å². The third-order valence-electron chi connectivity index (χ3n) is 4.31. The number of nitrogens with zero attached hydrogens (tertiary/aromatic N) is 2. The summed E-state index contributed by atoms with van der Waals surface area (Å²) in [6.45, 7) is 5.12. The van der Waals surface area contributed by atoms with Gasteiger partial charge in [-0.25, -0.2) is 0 Å². The zero-order valence-corrected chi connectivity index (χ0v) is 15.7. The smallest absolute Gasteiger partial charge is 0.269 e. The number of benzene rings is 2. The van der Waals surface area contributed by atoms with Crippen molar-refractivity contribution < 1.29 is 19.2 Å². The van der Waals surface area contributed by atoms with E-state index in [1.807, 2.05) is 13.8 Å². The molecule has 1 heterocycles. The number of carbonyl (C=O) groups excluding carboxylic acids is 2. The van der Waals surface area contributed by atoms with Gasteiger partial charge in [0.05, 0.1) is 4.92 Å². The van der Waals surface area contributed by atoms with E-state index in [1.54, 1.807) is 23.1 Å². The lowest BCUT2D eigenvalue weighted by Gasteiger charge is -2.22. The maximum atomic E-state index is 12.4. The van der Waals surface area contributed by atoms with Gasteiger partial charge in [-0.15, -0.1) is 0 Å². The van der Waals surface area contributed by atoms with Crippen LogP contribution in [0.4, 0.5) is 11.4 Å². The summed E-state index contributed by atoms with van der Waals surface area (Å²) in [5.41, 5.74) is 1.61. The highest BCUT2D eigenvalue weighted by Gasteiger charge is 2.22. The van der Waals surface area contributed by atoms with Crippen LogP contribution in [-0.2, 0) is 11.3 Å². The largest absolute Gasteiger partial charge is 0.483 e. The van der Waals surface area contributed by atoms with Crippen molar-refractivity contribution in [3.8, 4) is 5.75 Å². The number of carbonyl (C=O) groups is 2. The average Bonchev–Trinajstić information content (AvgIpc) is 2.80. The maximum Gasteiger partial charge on any atom is 0.269 e. The molecule has 0 atom stereocenters. The van der Waals surface area contributed by atoms with Crippen LogP contribution in [0.5, 0.6) is 5.75 Å². The molecule has 28 heavy (non-hydrogen) atoms. The summed E-state index contributed by atoms with van der Waals surface area (Å²) in [6.07, 6.45) is 0. The average molecular weight is 383 g/mol. The Hall–Kier alpha value is -3.42. The first-order chi connectivity index (χ1) is 13.3. The van der Waals surface area contributed by atoms with Crippen LogP contribution in [0.25, 0.3) is 0 Å². The Balaban J connectivity index is 1.76. The normalized spacial score (nSPS) is 13.5. The number of rotatable bonds is 5. The first-order valence-electron chi connectivity index (χ1n) is 8.93. The van der Waals surface area contributed by atoms with Crippen LogP contribution in [0.15, 0.2) is 42.5 Å². The molecule has 3 rings (SSSR count). The van der Waals surface area contributed by atoms with Gasteiger partial charge in [0.25, 0.3) is 17.5 Å². The first kappa shape index (κ1) is 19.3. The second-order valence-electron chi connectivity index (χ2n) is 7.04. The predicted molar refractivity (Wildman–Crippen MR) is 103 cm³/mol. The molecule has 2 aromatic carbocycles. The number of non-ortho nitro benzene ring substituents is 1. The van der Waals surface area contributed by atoms with Crippen molar-refractivity contribution in [2.75, 3.05) is 18.5 Å². The molecule has 0 saturated heterocycles. The Morgan fingerprint density at radius 3 is 2.61 bits per heavy atom. The number of anilines is 1. The van der Waals surface area contributed by atoms with E-state index in [-0.39, 0.29) is 24.1 Å². The number of hydrogen-bond acceptors (Lipinski definition) is 5. The van der Waals surface area contributed by atoms with Gasteiger partial charge < -0.3 is 15.0 Å². The van der Waals surface area contributed by atoms with Crippen molar-refractivity contribution in [2.45, 2.75) is 20.4 Å². The Morgan fingerprint density at radius 2 is 1.96 bits per heavy atom. The molecule has 0 aliphatic carbocycles. The minimum Gasteiger partial charge on any atom is -0.483 e. The zero-order valence-electron chi connectivity index (χ0n) is 15.7. The molecule has 0 saturated carbocycles. The summed E-state index contributed by atoms with van der Waals surface area (Å²) in [6, 6.07) is 10.6. The summed E-state index contributed by atoms with van der Waals surface area (Å²) < 4.78 is 5.58. The fourth-order valence-corrected chi connectivity index (χ4v) is 2.99. The Morgan fingerprint density at radius 1 is 1.25 bits per heavy atom. The second kappa shape index (κ2) is 8.08. The molecule has 0 aromatic heterocycles. The number of amides is 2. The molecular formula is C20H21N3O5. The molecule has 0 fully saturated rings. The standard InChI is InChI=1S/C20H21N3O5/c1-13(2)10-22-11-15-9-16(5-8-18(15)28-12-19(22)24)21-20(25)14-3-6-17(7-4-14)23(26)27/h3-9,13H,10-12H2,1-2H3,(H,21,25). The molecule has 2 aromatic rings. The summed E-state index contributed by atoms with van der Waals surface area (Å²) in [5, 5.41) is 13.5.